The van der Waals surface area contributed by atoms with E-state index in [-0.39, 0.29) is 29.6 Å². The molecule has 35 heavy (non-hydrogen) atoms. The monoisotopic (exact) mass is 512 g/mol. The van der Waals surface area contributed by atoms with Crippen LogP contribution < -0.4 is 10.6 Å². The molecule has 0 aliphatic carbocycles. The quantitative estimate of drug-likeness (QED) is 0.407. The molecular weight excluding hydrogens is 484 g/mol. The number of halogens is 1. The van der Waals surface area contributed by atoms with Crippen LogP contribution in [0, 0.1) is 0 Å². The highest BCUT2D eigenvalue weighted by molar-refractivity contribution is 7.91. The van der Waals surface area contributed by atoms with E-state index >= 15 is 0 Å². The number of fused-ring (bicyclic) bond motifs is 1. The molecule has 0 atom stereocenters. The van der Waals surface area contributed by atoms with Crippen molar-refractivity contribution in [2.45, 2.75) is 17.7 Å². The average Bonchev–Trinajstić information content (AvgIpc) is 3.40. The van der Waals surface area contributed by atoms with E-state index in [1.807, 2.05) is 12.1 Å². The Morgan fingerprint density at radius 3 is 2.57 bits per heavy atom. The Morgan fingerprint density at radius 1 is 1.09 bits per heavy atom. The van der Waals surface area contributed by atoms with Gasteiger partial charge in [0.05, 0.1) is 11.4 Å². The topological polar surface area (TPSA) is 90.9 Å². The van der Waals surface area contributed by atoms with Crippen LogP contribution in [-0.4, -0.2) is 64.2 Å². The molecule has 0 saturated carbocycles. The minimum atomic E-state index is -3.59. The molecule has 1 heterocycles. The molecule has 184 valence electrons. The normalized spacial score (nSPS) is 13.5. The zero-order valence-electron chi connectivity index (χ0n) is 19.6. The maximum atomic E-state index is 12.9. The van der Waals surface area contributed by atoms with Crippen molar-refractivity contribution in [1.29, 1.82) is 0 Å². The van der Waals surface area contributed by atoms with E-state index < -0.39 is 9.84 Å². The number of aliphatic imine (C=N–C) groups is 1. The zero-order valence-corrected chi connectivity index (χ0v) is 21.2. The van der Waals surface area contributed by atoms with Crippen molar-refractivity contribution < 1.29 is 13.2 Å². The molecule has 0 fully saturated rings. The summed E-state index contributed by atoms with van der Waals surface area (Å²) >= 11 is 6.21. The smallest absolute Gasteiger partial charge is 0.223 e. The first-order valence-corrected chi connectivity index (χ1v) is 13.6. The van der Waals surface area contributed by atoms with E-state index in [0.29, 0.717) is 22.3 Å². The number of benzene rings is 3. The van der Waals surface area contributed by atoms with Gasteiger partial charge in [-0.25, -0.2) is 8.42 Å². The van der Waals surface area contributed by atoms with Crippen LogP contribution in [0.25, 0.3) is 10.8 Å². The molecule has 7 nitrogen and oxygen atoms in total. The van der Waals surface area contributed by atoms with Crippen LogP contribution in [0.1, 0.15) is 17.5 Å². The fourth-order valence-electron chi connectivity index (χ4n) is 4.03. The molecule has 0 bridgehead atoms. The molecule has 9 heteroatoms. The minimum absolute atomic E-state index is 0.0343. The lowest BCUT2D eigenvalue weighted by Crippen LogP contribution is -2.33. The van der Waals surface area contributed by atoms with Gasteiger partial charge in [0, 0.05) is 54.5 Å². The Bertz CT molecular complexity index is 1340. The maximum absolute atomic E-state index is 12.9. The predicted octanol–water partition coefficient (Wildman–Crippen LogP) is 3.26. The molecule has 0 saturated heterocycles. The van der Waals surface area contributed by atoms with Crippen molar-refractivity contribution in [3.8, 4) is 0 Å². The number of sulfone groups is 1. The molecular formula is C26H29ClN4O3S. The Morgan fingerprint density at radius 2 is 1.83 bits per heavy atom. The van der Waals surface area contributed by atoms with Gasteiger partial charge in [-0.2, -0.15) is 0 Å². The number of carbonyl (C=O) groups excluding carboxylic acids is 1. The van der Waals surface area contributed by atoms with Gasteiger partial charge < -0.3 is 15.5 Å². The summed E-state index contributed by atoms with van der Waals surface area (Å²) in [5, 5.41) is 7.98. The van der Waals surface area contributed by atoms with Crippen molar-refractivity contribution >= 4 is 44.0 Å². The standard InChI is InChI=1S/C26H29ClN4O3S/c1-31(17-13-19-8-10-20(11-9-19)26-29-15-16-30-26)25(32)12-14-28-18-35(33,34)24-7-3-4-21-22(24)5-2-6-23(21)27/h2-11,28H,12-18H2,1H3,(H,29,30). The summed E-state index contributed by atoms with van der Waals surface area (Å²) in [6.07, 6.45) is 0.964. The summed E-state index contributed by atoms with van der Waals surface area (Å²) in [5.41, 5.74) is 2.22. The van der Waals surface area contributed by atoms with Gasteiger partial charge in [0.1, 0.15) is 11.7 Å². The number of hydrogen-bond acceptors (Lipinski definition) is 6. The van der Waals surface area contributed by atoms with Gasteiger partial charge in [0.15, 0.2) is 9.84 Å². The van der Waals surface area contributed by atoms with Crippen LogP contribution in [0.4, 0.5) is 0 Å². The summed E-state index contributed by atoms with van der Waals surface area (Å²) in [5.74, 6) is 0.651. The van der Waals surface area contributed by atoms with Gasteiger partial charge >= 0.3 is 0 Å². The van der Waals surface area contributed by atoms with Crippen LogP contribution in [0.5, 0.6) is 0 Å². The minimum Gasteiger partial charge on any atom is -0.368 e. The number of rotatable bonds is 10. The Balaban J connectivity index is 1.23. The second kappa shape index (κ2) is 11.2. The van der Waals surface area contributed by atoms with E-state index in [9.17, 15) is 13.2 Å². The van der Waals surface area contributed by atoms with E-state index in [1.165, 1.54) is 0 Å². The molecule has 1 amide bonds. The molecule has 0 radical (unpaired) electrons. The van der Waals surface area contributed by atoms with Gasteiger partial charge in [-0.05, 0) is 24.1 Å². The van der Waals surface area contributed by atoms with E-state index in [2.05, 4.69) is 27.8 Å². The molecule has 0 spiro atoms. The van der Waals surface area contributed by atoms with Crippen LogP contribution in [0.2, 0.25) is 5.02 Å². The second-order valence-electron chi connectivity index (χ2n) is 8.52. The molecule has 3 aromatic carbocycles. The first kappa shape index (κ1) is 25.2. The summed E-state index contributed by atoms with van der Waals surface area (Å²) in [7, 11) is -1.82. The van der Waals surface area contributed by atoms with Crippen LogP contribution in [-0.2, 0) is 21.1 Å². The highest BCUT2D eigenvalue weighted by Crippen LogP contribution is 2.28. The van der Waals surface area contributed by atoms with Crippen molar-refractivity contribution in [3.05, 3.63) is 76.8 Å². The van der Waals surface area contributed by atoms with E-state index in [4.69, 9.17) is 11.6 Å². The first-order valence-electron chi connectivity index (χ1n) is 11.6. The number of nitrogens with one attached hydrogen (secondary N) is 2. The number of amidine groups is 1. The molecule has 0 unspecified atom stereocenters. The SMILES string of the molecule is CN(CCc1ccc(C2=NCCN2)cc1)C(=O)CCNCS(=O)(=O)c1cccc2c(Cl)cccc12. The number of hydrogen-bond donors (Lipinski definition) is 2. The van der Waals surface area contributed by atoms with Crippen LogP contribution in [0.3, 0.4) is 0 Å². The highest BCUT2D eigenvalue weighted by atomic mass is 35.5. The number of carbonyl (C=O) groups is 1. The van der Waals surface area contributed by atoms with Crippen LogP contribution >= 0.6 is 11.6 Å². The third-order valence-corrected chi connectivity index (χ3v) is 7.97. The lowest BCUT2D eigenvalue weighted by Gasteiger charge is -2.17. The van der Waals surface area contributed by atoms with E-state index in [1.54, 1.807) is 48.3 Å². The second-order valence-corrected chi connectivity index (χ2v) is 10.9. The maximum Gasteiger partial charge on any atom is 0.223 e. The number of nitrogens with zero attached hydrogens (tertiary/aromatic N) is 2. The Hall–Kier alpha value is -2.94. The number of likely N-dealkylation sites (N-methyl/N-ethyl adjacent to an activating group) is 1. The largest absolute Gasteiger partial charge is 0.368 e. The summed E-state index contributed by atoms with van der Waals surface area (Å²) in [6.45, 7) is 2.55. The van der Waals surface area contributed by atoms with Crippen molar-refractivity contribution in [3.63, 3.8) is 0 Å². The number of amides is 1. The molecule has 0 aromatic heterocycles. The van der Waals surface area contributed by atoms with Gasteiger partial charge in [0.25, 0.3) is 0 Å². The van der Waals surface area contributed by atoms with Gasteiger partial charge in [-0.1, -0.05) is 60.1 Å². The average molecular weight is 513 g/mol. The molecule has 1 aliphatic rings. The highest BCUT2D eigenvalue weighted by Gasteiger charge is 2.18. The van der Waals surface area contributed by atoms with Gasteiger partial charge in [0.2, 0.25) is 5.91 Å². The van der Waals surface area contributed by atoms with Crippen molar-refractivity contribution in [2.75, 3.05) is 39.1 Å². The fourth-order valence-corrected chi connectivity index (χ4v) is 5.63. The molecule has 1 aliphatic heterocycles. The zero-order chi connectivity index (χ0) is 24.8. The molecule has 3 aromatic rings. The Labute approximate surface area is 211 Å². The third kappa shape index (κ3) is 6.20. The van der Waals surface area contributed by atoms with Crippen molar-refractivity contribution in [2.24, 2.45) is 4.99 Å². The third-order valence-electron chi connectivity index (χ3n) is 6.03. The lowest BCUT2D eigenvalue weighted by atomic mass is 10.1. The van der Waals surface area contributed by atoms with Crippen molar-refractivity contribution in [1.82, 2.24) is 15.5 Å². The summed E-state index contributed by atoms with van der Waals surface area (Å²) in [4.78, 5) is 18.8. The van der Waals surface area contributed by atoms with Gasteiger partial charge in [-0.3, -0.25) is 9.79 Å². The lowest BCUT2D eigenvalue weighted by molar-refractivity contribution is -0.129. The Kier molecular flexibility index (Phi) is 8.05. The van der Waals surface area contributed by atoms with Crippen LogP contribution in [0.15, 0.2) is 70.6 Å². The molecule has 4 rings (SSSR count). The predicted molar refractivity (Wildman–Crippen MR) is 141 cm³/mol. The molecule has 2 N–H and O–H groups in total. The fraction of sp³-hybridized carbons (Fsp3) is 0.308. The summed E-state index contributed by atoms with van der Waals surface area (Å²) in [6, 6.07) is 18.5. The summed E-state index contributed by atoms with van der Waals surface area (Å²) < 4.78 is 25.8. The van der Waals surface area contributed by atoms with Gasteiger partial charge in [-0.15, -0.1) is 0 Å². The first-order chi connectivity index (χ1) is 16.8. The van der Waals surface area contributed by atoms with E-state index in [0.717, 1.165) is 36.5 Å².